The van der Waals surface area contributed by atoms with Gasteiger partial charge in [0.15, 0.2) is 5.41 Å². The Bertz CT molecular complexity index is 432. The van der Waals surface area contributed by atoms with E-state index in [0.29, 0.717) is 0 Å². The molecule has 0 saturated heterocycles. The SMILES string of the molecule is COC(=O)[C@@](C)(CSC(C)(C)C)C(=O)OC(=O)OC(C)(C)C. The summed E-state index contributed by atoms with van der Waals surface area (Å²) in [6.45, 7) is 12.2. The van der Waals surface area contributed by atoms with Gasteiger partial charge in [0, 0.05) is 10.5 Å². The molecule has 0 unspecified atom stereocenters. The smallest absolute Gasteiger partial charge is 0.468 e. The molecule has 22 heavy (non-hydrogen) atoms. The summed E-state index contributed by atoms with van der Waals surface area (Å²) < 4.78 is 14.1. The second-order valence-corrected chi connectivity index (χ2v) is 8.88. The van der Waals surface area contributed by atoms with Gasteiger partial charge in [-0.2, -0.15) is 11.8 Å². The van der Waals surface area contributed by atoms with Crippen LogP contribution in [0.4, 0.5) is 4.79 Å². The topological polar surface area (TPSA) is 78.9 Å². The second kappa shape index (κ2) is 7.35. The normalized spacial score (nSPS) is 14.7. The van der Waals surface area contributed by atoms with Crippen molar-refractivity contribution in [3.05, 3.63) is 0 Å². The molecular formula is C15H26O6S. The maximum atomic E-state index is 12.2. The maximum absolute atomic E-state index is 12.2. The molecule has 0 N–H and O–H groups in total. The molecule has 0 spiro atoms. The molecule has 0 radical (unpaired) electrons. The molecule has 1 atom stereocenters. The van der Waals surface area contributed by atoms with E-state index in [0.717, 1.165) is 0 Å². The van der Waals surface area contributed by atoms with Crippen LogP contribution in [0.3, 0.4) is 0 Å². The van der Waals surface area contributed by atoms with Crippen molar-refractivity contribution in [3.8, 4) is 0 Å². The summed E-state index contributed by atoms with van der Waals surface area (Å²) in [6, 6.07) is 0. The summed E-state index contributed by atoms with van der Waals surface area (Å²) in [7, 11) is 1.18. The average molecular weight is 334 g/mol. The van der Waals surface area contributed by atoms with E-state index in [1.165, 1.54) is 25.8 Å². The lowest BCUT2D eigenvalue weighted by molar-refractivity contribution is -0.165. The van der Waals surface area contributed by atoms with Crippen LogP contribution in [0.15, 0.2) is 0 Å². The molecular weight excluding hydrogens is 308 g/mol. The second-order valence-electron chi connectivity index (χ2n) is 7.08. The summed E-state index contributed by atoms with van der Waals surface area (Å²) in [6.07, 6.45) is -1.13. The van der Waals surface area contributed by atoms with Crippen LogP contribution in [-0.4, -0.2) is 41.3 Å². The van der Waals surface area contributed by atoms with Gasteiger partial charge >= 0.3 is 18.1 Å². The Morgan fingerprint density at radius 2 is 1.41 bits per heavy atom. The minimum atomic E-state index is -1.58. The van der Waals surface area contributed by atoms with Gasteiger partial charge in [-0.15, -0.1) is 0 Å². The third-order valence-electron chi connectivity index (χ3n) is 2.45. The molecule has 0 aliphatic rings. The highest BCUT2D eigenvalue weighted by Crippen LogP contribution is 2.33. The molecule has 0 bridgehead atoms. The van der Waals surface area contributed by atoms with E-state index in [9.17, 15) is 14.4 Å². The van der Waals surface area contributed by atoms with Gasteiger partial charge < -0.3 is 14.2 Å². The van der Waals surface area contributed by atoms with Crippen LogP contribution in [0.2, 0.25) is 0 Å². The van der Waals surface area contributed by atoms with Gasteiger partial charge in [0.2, 0.25) is 0 Å². The van der Waals surface area contributed by atoms with Crippen molar-refractivity contribution in [1.29, 1.82) is 0 Å². The zero-order valence-electron chi connectivity index (χ0n) is 14.6. The summed E-state index contributed by atoms with van der Waals surface area (Å²) >= 11 is 1.40. The van der Waals surface area contributed by atoms with Gasteiger partial charge in [-0.1, -0.05) is 20.8 Å². The Hall–Kier alpha value is -1.24. The molecule has 6 nitrogen and oxygen atoms in total. The van der Waals surface area contributed by atoms with E-state index in [1.807, 2.05) is 20.8 Å². The van der Waals surface area contributed by atoms with E-state index in [-0.39, 0.29) is 10.5 Å². The van der Waals surface area contributed by atoms with E-state index in [2.05, 4.69) is 9.47 Å². The Morgan fingerprint density at radius 3 is 1.77 bits per heavy atom. The highest BCUT2D eigenvalue weighted by molar-refractivity contribution is 8.00. The zero-order chi connectivity index (χ0) is 17.8. The summed E-state index contributed by atoms with van der Waals surface area (Å²) in [5.41, 5.74) is -2.37. The summed E-state index contributed by atoms with van der Waals surface area (Å²) in [4.78, 5) is 35.8. The van der Waals surface area contributed by atoms with Crippen LogP contribution in [0.25, 0.3) is 0 Å². The molecule has 128 valence electrons. The van der Waals surface area contributed by atoms with Gasteiger partial charge in [-0.05, 0) is 27.7 Å². The minimum Gasteiger partial charge on any atom is -0.468 e. The van der Waals surface area contributed by atoms with E-state index in [4.69, 9.17) is 4.74 Å². The largest absolute Gasteiger partial charge is 0.516 e. The van der Waals surface area contributed by atoms with Crippen LogP contribution >= 0.6 is 11.8 Å². The molecule has 7 heteroatoms. The van der Waals surface area contributed by atoms with E-state index in [1.54, 1.807) is 20.8 Å². The third-order valence-corrected chi connectivity index (χ3v) is 4.03. The Labute approximate surface area is 136 Å². The first-order valence-electron chi connectivity index (χ1n) is 6.89. The number of hydrogen-bond donors (Lipinski definition) is 0. The summed E-state index contributed by atoms with van der Waals surface area (Å²) in [5.74, 6) is -1.60. The number of rotatable bonds is 4. The first-order valence-corrected chi connectivity index (χ1v) is 7.87. The molecule has 0 fully saturated rings. The number of esters is 2. The van der Waals surface area contributed by atoms with Gasteiger partial charge in [-0.25, -0.2) is 4.79 Å². The molecule has 0 aromatic carbocycles. The monoisotopic (exact) mass is 334 g/mol. The first-order chi connectivity index (χ1) is 9.71. The van der Waals surface area contributed by atoms with Gasteiger partial charge in [0.25, 0.3) is 0 Å². The lowest BCUT2D eigenvalue weighted by atomic mass is 9.94. The van der Waals surface area contributed by atoms with Crippen molar-refractivity contribution in [2.45, 2.75) is 58.8 Å². The lowest BCUT2D eigenvalue weighted by Crippen LogP contribution is -2.43. The van der Waals surface area contributed by atoms with E-state index >= 15 is 0 Å². The Kier molecular flexibility index (Phi) is 6.94. The van der Waals surface area contributed by atoms with Crippen molar-refractivity contribution in [3.63, 3.8) is 0 Å². The van der Waals surface area contributed by atoms with E-state index < -0.39 is 29.1 Å². The van der Waals surface area contributed by atoms with Gasteiger partial charge in [0.05, 0.1) is 7.11 Å². The van der Waals surface area contributed by atoms with Crippen LogP contribution in [0.1, 0.15) is 48.5 Å². The van der Waals surface area contributed by atoms with Crippen molar-refractivity contribution in [1.82, 2.24) is 0 Å². The highest BCUT2D eigenvalue weighted by Gasteiger charge is 2.46. The molecule has 0 aromatic heterocycles. The molecule has 0 aliphatic heterocycles. The van der Waals surface area contributed by atoms with Crippen LogP contribution in [0, 0.1) is 5.41 Å². The minimum absolute atomic E-state index is 0.130. The fourth-order valence-corrected chi connectivity index (χ4v) is 2.20. The lowest BCUT2D eigenvalue weighted by Gasteiger charge is -2.28. The average Bonchev–Trinajstić information content (AvgIpc) is 2.31. The van der Waals surface area contributed by atoms with Crippen molar-refractivity contribution < 1.29 is 28.6 Å². The van der Waals surface area contributed by atoms with Crippen molar-refractivity contribution in [2.24, 2.45) is 5.41 Å². The maximum Gasteiger partial charge on any atom is 0.516 e. The first kappa shape index (κ1) is 20.8. The third kappa shape index (κ3) is 7.15. The molecule has 0 amide bonds. The van der Waals surface area contributed by atoms with Crippen molar-refractivity contribution in [2.75, 3.05) is 12.9 Å². The molecule has 0 aromatic rings. The summed E-state index contributed by atoms with van der Waals surface area (Å²) in [5, 5.41) is 0. The fourth-order valence-electron chi connectivity index (χ4n) is 1.25. The zero-order valence-corrected chi connectivity index (χ0v) is 15.4. The number of carbonyl (C=O) groups excluding carboxylic acids is 3. The van der Waals surface area contributed by atoms with Gasteiger partial charge in [-0.3, -0.25) is 9.59 Å². The van der Waals surface area contributed by atoms with Crippen LogP contribution in [0.5, 0.6) is 0 Å². The number of methoxy groups -OCH3 is 1. The number of thioether (sulfide) groups is 1. The Balaban J connectivity index is 5.07. The van der Waals surface area contributed by atoms with Crippen molar-refractivity contribution >= 4 is 29.9 Å². The van der Waals surface area contributed by atoms with Crippen LogP contribution in [-0.2, 0) is 23.8 Å². The Morgan fingerprint density at radius 1 is 0.909 bits per heavy atom. The molecule has 0 saturated carbocycles. The standard InChI is InChI=1S/C15H26O6S/c1-13(2,3)21-12(18)20-11(17)15(7,10(16)19-8)9-22-14(4,5)6/h9H2,1-8H3/t15-/m1/s1. The fraction of sp³-hybridized carbons (Fsp3) is 0.800. The number of hydrogen-bond acceptors (Lipinski definition) is 7. The predicted molar refractivity (Wildman–Crippen MR) is 84.7 cm³/mol. The molecule has 0 heterocycles. The quantitative estimate of drug-likeness (QED) is 0.577. The number of ether oxygens (including phenoxy) is 3. The predicted octanol–water partition coefficient (Wildman–Crippen LogP) is 3.18. The number of carbonyl (C=O) groups is 3. The van der Waals surface area contributed by atoms with Gasteiger partial charge in [0.1, 0.15) is 5.60 Å². The highest BCUT2D eigenvalue weighted by atomic mass is 32.2. The molecule has 0 aliphatic carbocycles. The van der Waals surface area contributed by atoms with Crippen LogP contribution < -0.4 is 0 Å². The molecule has 0 rings (SSSR count).